The first kappa shape index (κ1) is 12.7. The highest BCUT2D eigenvalue weighted by molar-refractivity contribution is 6.35. The number of fused-ring (bicyclic) bond motifs is 1. The van der Waals surface area contributed by atoms with Gasteiger partial charge in [0.05, 0.1) is 5.69 Å². The van der Waals surface area contributed by atoms with Gasteiger partial charge in [-0.3, -0.25) is 4.79 Å². The number of aryl methyl sites for hydroxylation is 1. The SMILES string of the molecule is O=c1[nH]c(Cc2ccc(Cl)cc2Cl)nc2c1CCC2. The van der Waals surface area contributed by atoms with Gasteiger partial charge in [0.1, 0.15) is 5.82 Å². The highest BCUT2D eigenvalue weighted by Gasteiger charge is 2.17. The molecule has 0 unspecified atom stereocenters. The molecule has 98 valence electrons. The Labute approximate surface area is 120 Å². The van der Waals surface area contributed by atoms with Crippen molar-refractivity contribution in [2.45, 2.75) is 25.7 Å². The van der Waals surface area contributed by atoms with Crippen LogP contribution < -0.4 is 5.56 Å². The third-order valence-corrected chi connectivity index (χ3v) is 3.95. The molecule has 1 aromatic carbocycles. The highest BCUT2D eigenvalue weighted by Crippen LogP contribution is 2.23. The summed E-state index contributed by atoms with van der Waals surface area (Å²) in [4.78, 5) is 19.3. The van der Waals surface area contributed by atoms with Gasteiger partial charge in [0, 0.05) is 22.0 Å². The lowest BCUT2D eigenvalue weighted by atomic mass is 10.1. The second-order valence-electron chi connectivity index (χ2n) is 4.70. The van der Waals surface area contributed by atoms with Crippen LogP contribution in [0.4, 0.5) is 0 Å². The standard InChI is InChI=1S/C14H12Cl2N2O/c15-9-5-4-8(11(16)7-9)6-13-17-12-3-1-2-10(12)14(19)18-13/h4-5,7H,1-3,6H2,(H,17,18,19). The highest BCUT2D eigenvalue weighted by atomic mass is 35.5. The number of rotatable bonds is 2. The van der Waals surface area contributed by atoms with Crippen LogP contribution in [0.15, 0.2) is 23.0 Å². The first-order valence-corrected chi connectivity index (χ1v) is 6.94. The van der Waals surface area contributed by atoms with Crippen LogP contribution in [0.5, 0.6) is 0 Å². The van der Waals surface area contributed by atoms with Crippen molar-refractivity contribution in [2.24, 2.45) is 0 Å². The Kier molecular flexibility index (Phi) is 3.33. The molecule has 0 amide bonds. The van der Waals surface area contributed by atoms with E-state index in [1.807, 2.05) is 6.07 Å². The van der Waals surface area contributed by atoms with Crippen molar-refractivity contribution < 1.29 is 0 Å². The predicted molar refractivity (Wildman–Crippen MR) is 76.2 cm³/mol. The van der Waals surface area contributed by atoms with Crippen molar-refractivity contribution in [3.63, 3.8) is 0 Å². The minimum Gasteiger partial charge on any atom is -0.310 e. The van der Waals surface area contributed by atoms with E-state index in [-0.39, 0.29) is 5.56 Å². The van der Waals surface area contributed by atoms with Gasteiger partial charge in [0.2, 0.25) is 0 Å². The van der Waals surface area contributed by atoms with E-state index in [4.69, 9.17) is 23.2 Å². The van der Waals surface area contributed by atoms with Crippen molar-refractivity contribution in [1.29, 1.82) is 0 Å². The van der Waals surface area contributed by atoms with Gasteiger partial charge in [0.25, 0.3) is 5.56 Å². The number of nitrogens with zero attached hydrogens (tertiary/aromatic N) is 1. The van der Waals surface area contributed by atoms with Gasteiger partial charge in [-0.2, -0.15) is 0 Å². The van der Waals surface area contributed by atoms with E-state index in [1.54, 1.807) is 12.1 Å². The molecule has 1 aliphatic carbocycles. The fourth-order valence-corrected chi connectivity index (χ4v) is 2.90. The summed E-state index contributed by atoms with van der Waals surface area (Å²) in [5.74, 6) is 0.662. The van der Waals surface area contributed by atoms with Crippen LogP contribution in [-0.4, -0.2) is 9.97 Å². The monoisotopic (exact) mass is 294 g/mol. The molecule has 3 nitrogen and oxygen atoms in total. The Morgan fingerprint density at radius 1 is 1.26 bits per heavy atom. The molecule has 0 bridgehead atoms. The minimum absolute atomic E-state index is 0.0115. The molecule has 1 aliphatic rings. The molecule has 19 heavy (non-hydrogen) atoms. The smallest absolute Gasteiger partial charge is 0.254 e. The summed E-state index contributed by atoms with van der Waals surface area (Å²) in [5, 5.41) is 1.19. The Hall–Kier alpha value is -1.32. The average Bonchev–Trinajstić information content (AvgIpc) is 2.81. The van der Waals surface area contributed by atoms with Crippen LogP contribution in [0, 0.1) is 0 Å². The fraction of sp³-hybridized carbons (Fsp3) is 0.286. The van der Waals surface area contributed by atoms with Crippen LogP contribution in [0.25, 0.3) is 0 Å². The summed E-state index contributed by atoms with van der Waals surface area (Å²) in [6.45, 7) is 0. The maximum atomic E-state index is 11.9. The van der Waals surface area contributed by atoms with Gasteiger partial charge >= 0.3 is 0 Å². The number of aromatic amines is 1. The van der Waals surface area contributed by atoms with Crippen molar-refractivity contribution in [2.75, 3.05) is 0 Å². The first-order chi connectivity index (χ1) is 9.13. The molecule has 0 saturated heterocycles. The topological polar surface area (TPSA) is 45.8 Å². The minimum atomic E-state index is -0.0115. The number of H-pyrrole nitrogens is 1. The molecule has 0 aliphatic heterocycles. The van der Waals surface area contributed by atoms with Gasteiger partial charge in [-0.05, 0) is 37.0 Å². The molecular weight excluding hydrogens is 283 g/mol. The summed E-state index contributed by atoms with van der Waals surface area (Å²) in [6.07, 6.45) is 3.25. The molecule has 2 aromatic rings. The lowest BCUT2D eigenvalue weighted by molar-refractivity contribution is 0.883. The van der Waals surface area contributed by atoms with Crippen LogP contribution in [-0.2, 0) is 19.3 Å². The van der Waals surface area contributed by atoms with Crippen molar-refractivity contribution in [3.05, 3.63) is 61.2 Å². The molecule has 5 heteroatoms. The summed E-state index contributed by atoms with van der Waals surface area (Å²) < 4.78 is 0. The predicted octanol–water partition coefficient (Wildman–Crippen LogP) is 3.16. The van der Waals surface area contributed by atoms with E-state index in [1.165, 1.54) is 0 Å². The van der Waals surface area contributed by atoms with Gasteiger partial charge in [-0.1, -0.05) is 29.3 Å². The zero-order chi connectivity index (χ0) is 13.4. The van der Waals surface area contributed by atoms with Gasteiger partial charge in [0.15, 0.2) is 0 Å². The van der Waals surface area contributed by atoms with Crippen molar-refractivity contribution >= 4 is 23.2 Å². The number of aromatic nitrogens is 2. The fourth-order valence-electron chi connectivity index (χ4n) is 2.42. The van der Waals surface area contributed by atoms with E-state index in [0.29, 0.717) is 22.3 Å². The molecule has 1 heterocycles. The maximum absolute atomic E-state index is 11.9. The van der Waals surface area contributed by atoms with E-state index >= 15 is 0 Å². The molecule has 0 saturated carbocycles. The largest absolute Gasteiger partial charge is 0.310 e. The third kappa shape index (κ3) is 2.53. The van der Waals surface area contributed by atoms with Gasteiger partial charge in [-0.15, -0.1) is 0 Å². The van der Waals surface area contributed by atoms with E-state index in [2.05, 4.69) is 9.97 Å². The Morgan fingerprint density at radius 3 is 2.89 bits per heavy atom. The molecule has 0 radical (unpaired) electrons. The number of benzene rings is 1. The quantitative estimate of drug-likeness (QED) is 0.925. The molecule has 1 N–H and O–H groups in total. The Morgan fingerprint density at radius 2 is 2.11 bits per heavy atom. The summed E-state index contributed by atoms with van der Waals surface area (Å²) in [7, 11) is 0. The Balaban J connectivity index is 1.96. The summed E-state index contributed by atoms with van der Waals surface area (Å²) in [5.41, 5.74) is 2.67. The number of hydrogen-bond acceptors (Lipinski definition) is 2. The number of hydrogen-bond donors (Lipinski definition) is 1. The molecule has 0 spiro atoms. The third-order valence-electron chi connectivity index (χ3n) is 3.36. The molecular formula is C14H12Cl2N2O. The zero-order valence-electron chi connectivity index (χ0n) is 10.2. The van der Waals surface area contributed by atoms with E-state index in [0.717, 1.165) is 36.1 Å². The molecule has 3 rings (SSSR count). The van der Waals surface area contributed by atoms with E-state index in [9.17, 15) is 4.79 Å². The van der Waals surface area contributed by atoms with Gasteiger partial charge < -0.3 is 4.98 Å². The maximum Gasteiger partial charge on any atom is 0.254 e. The summed E-state index contributed by atoms with van der Waals surface area (Å²) >= 11 is 12.0. The number of nitrogens with one attached hydrogen (secondary N) is 1. The average molecular weight is 295 g/mol. The summed E-state index contributed by atoms with van der Waals surface area (Å²) in [6, 6.07) is 5.34. The normalized spacial score (nSPS) is 13.6. The van der Waals surface area contributed by atoms with Crippen LogP contribution in [0.1, 0.15) is 29.1 Å². The lowest BCUT2D eigenvalue weighted by Crippen LogP contribution is -2.17. The number of halogens is 2. The van der Waals surface area contributed by atoms with Crippen LogP contribution >= 0.6 is 23.2 Å². The molecule has 0 atom stereocenters. The van der Waals surface area contributed by atoms with Crippen molar-refractivity contribution in [1.82, 2.24) is 9.97 Å². The van der Waals surface area contributed by atoms with Crippen LogP contribution in [0.3, 0.4) is 0 Å². The molecule has 1 aromatic heterocycles. The Bertz CT molecular complexity index is 694. The lowest BCUT2D eigenvalue weighted by Gasteiger charge is -2.06. The second kappa shape index (κ2) is 4.99. The second-order valence-corrected chi connectivity index (χ2v) is 5.55. The van der Waals surface area contributed by atoms with Crippen molar-refractivity contribution in [3.8, 4) is 0 Å². The van der Waals surface area contributed by atoms with E-state index < -0.39 is 0 Å². The zero-order valence-corrected chi connectivity index (χ0v) is 11.7. The first-order valence-electron chi connectivity index (χ1n) is 6.18. The van der Waals surface area contributed by atoms with Gasteiger partial charge in [-0.25, -0.2) is 4.98 Å². The van der Waals surface area contributed by atoms with Crippen LogP contribution in [0.2, 0.25) is 10.0 Å². The molecule has 0 fully saturated rings.